The van der Waals surface area contributed by atoms with Crippen molar-refractivity contribution in [2.24, 2.45) is 17.8 Å². The van der Waals surface area contributed by atoms with Gasteiger partial charge in [0.2, 0.25) is 12.5 Å². The number of phenols is 1. The van der Waals surface area contributed by atoms with E-state index >= 15 is 0 Å². The van der Waals surface area contributed by atoms with Gasteiger partial charge < -0.3 is 30.1 Å². The van der Waals surface area contributed by atoms with E-state index in [0.29, 0.717) is 17.2 Å². The summed E-state index contributed by atoms with van der Waals surface area (Å²) in [6.07, 6.45) is 4.97. The summed E-state index contributed by atoms with van der Waals surface area (Å²) >= 11 is 0. The summed E-state index contributed by atoms with van der Waals surface area (Å²) in [5.74, 6) is -0.132. The molecule has 0 unspecified atom stereocenters. The topological polar surface area (TPSA) is 108 Å². The van der Waals surface area contributed by atoms with Gasteiger partial charge in [0.05, 0.1) is 17.8 Å². The van der Waals surface area contributed by atoms with Crippen LogP contribution in [0.2, 0.25) is 0 Å². The third kappa shape index (κ3) is 2.89. The fourth-order valence-corrected chi connectivity index (χ4v) is 6.09. The van der Waals surface area contributed by atoms with Crippen molar-refractivity contribution < 1.29 is 29.6 Å². The predicted molar refractivity (Wildman–Crippen MR) is 104 cm³/mol. The van der Waals surface area contributed by atoms with Crippen molar-refractivity contribution in [2.45, 2.75) is 69.6 Å². The number of amides is 1. The molecule has 0 bridgehead atoms. The molecule has 2 heterocycles. The Morgan fingerprint density at radius 3 is 2.66 bits per heavy atom. The number of hydrogen-bond acceptors (Lipinski definition) is 6. The predicted octanol–water partition coefficient (Wildman–Crippen LogP) is 2.27. The number of benzene rings is 1. The summed E-state index contributed by atoms with van der Waals surface area (Å²) in [5, 5.41) is 35.5. The van der Waals surface area contributed by atoms with E-state index in [1.165, 1.54) is 19.3 Å². The van der Waals surface area contributed by atoms with E-state index < -0.39 is 12.2 Å². The summed E-state index contributed by atoms with van der Waals surface area (Å²) in [7, 11) is 0. The number of fused-ring (bicyclic) bond motifs is 4. The Bertz CT molecular complexity index is 820. The number of carbonyl (C=O) groups excluding carboxylic acids is 1. The molecule has 0 saturated heterocycles. The summed E-state index contributed by atoms with van der Waals surface area (Å²) in [5.41, 5.74) is 0.902. The number of ether oxygens (including phenoxy) is 2. The Kier molecular flexibility index (Phi) is 4.62. The number of aliphatic hydroxyl groups excluding tert-OH is 2. The maximum absolute atomic E-state index is 12.9. The zero-order valence-electron chi connectivity index (χ0n) is 16.6. The van der Waals surface area contributed by atoms with Crippen LogP contribution in [0.1, 0.15) is 67.3 Å². The van der Waals surface area contributed by atoms with E-state index in [0.717, 1.165) is 19.3 Å². The van der Waals surface area contributed by atoms with Gasteiger partial charge in [0.15, 0.2) is 11.5 Å². The summed E-state index contributed by atoms with van der Waals surface area (Å²) in [6.45, 7) is 1.87. The van der Waals surface area contributed by atoms with Crippen molar-refractivity contribution >= 4 is 5.91 Å². The van der Waals surface area contributed by atoms with Crippen molar-refractivity contribution in [3.8, 4) is 17.2 Å². The molecule has 6 atom stereocenters. The second-order valence-corrected chi connectivity index (χ2v) is 9.19. The molecule has 4 aliphatic rings. The maximum atomic E-state index is 12.9. The Hall–Kier alpha value is -1.99. The van der Waals surface area contributed by atoms with Crippen LogP contribution in [0.5, 0.6) is 17.2 Å². The fraction of sp³-hybridized carbons (Fsp3) is 0.682. The molecular weight excluding hydrogens is 374 g/mol. The molecule has 2 aliphatic heterocycles. The number of carbonyl (C=O) groups is 1. The zero-order valence-corrected chi connectivity index (χ0v) is 16.6. The van der Waals surface area contributed by atoms with Crippen LogP contribution in [0.25, 0.3) is 0 Å². The van der Waals surface area contributed by atoms with E-state index in [-0.39, 0.29) is 53.6 Å². The van der Waals surface area contributed by atoms with Gasteiger partial charge in [-0.2, -0.15) is 0 Å². The highest BCUT2D eigenvalue weighted by Crippen LogP contribution is 2.53. The van der Waals surface area contributed by atoms with Gasteiger partial charge >= 0.3 is 0 Å². The molecule has 0 spiro atoms. The zero-order chi connectivity index (χ0) is 20.3. The smallest absolute Gasteiger partial charge is 0.255 e. The van der Waals surface area contributed by atoms with E-state index in [9.17, 15) is 20.1 Å². The van der Waals surface area contributed by atoms with Gasteiger partial charge in [0, 0.05) is 17.9 Å². The molecule has 29 heavy (non-hydrogen) atoms. The van der Waals surface area contributed by atoms with Crippen LogP contribution in [0.3, 0.4) is 0 Å². The van der Waals surface area contributed by atoms with Crippen LogP contribution in [-0.4, -0.2) is 46.3 Å². The molecule has 0 aromatic heterocycles. The molecule has 4 N–H and O–H groups in total. The van der Waals surface area contributed by atoms with Gasteiger partial charge in [0.1, 0.15) is 0 Å². The number of aliphatic hydroxyl groups is 2. The molecule has 2 aliphatic carbocycles. The van der Waals surface area contributed by atoms with Crippen molar-refractivity contribution in [3.05, 3.63) is 17.2 Å². The minimum absolute atomic E-state index is 0.00471. The quantitative estimate of drug-likeness (QED) is 0.603. The standard InChI is InChI=1S/C22H29NO6/c1-10-17-15(13(19(25)18(10)24)7-11-5-3-2-4-6-11)12-8-14-21(29-9-28-14)20(26)16(12)22(27)23-17/h8,10-11,13,15,17-19,24-26H,2-7,9H2,1H3,(H,23,27)/t10-,13+,15-,17-,18-,19-/m0/s1. The van der Waals surface area contributed by atoms with Crippen molar-refractivity contribution in [3.63, 3.8) is 0 Å². The third-order valence-corrected chi connectivity index (χ3v) is 7.62. The van der Waals surface area contributed by atoms with Gasteiger partial charge in [-0.15, -0.1) is 0 Å². The van der Waals surface area contributed by atoms with Crippen molar-refractivity contribution in [2.75, 3.05) is 6.79 Å². The van der Waals surface area contributed by atoms with Gasteiger partial charge in [-0.05, 0) is 29.9 Å². The molecule has 1 aromatic rings. The molecular formula is C22H29NO6. The molecule has 5 rings (SSSR count). The average Bonchev–Trinajstić information content (AvgIpc) is 3.19. The van der Waals surface area contributed by atoms with Crippen LogP contribution in [0.15, 0.2) is 6.07 Å². The maximum Gasteiger partial charge on any atom is 0.255 e. The minimum atomic E-state index is -0.894. The molecule has 7 nitrogen and oxygen atoms in total. The van der Waals surface area contributed by atoms with E-state index in [1.807, 2.05) is 6.92 Å². The lowest BCUT2D eigenvalue weighted by atomic mass is 9.60. The molecule has 7 heteroatoms. The van der Waals surface area contributed by atoms with E-state index in [1.54, 1.807) is 6.07 Å². The third-order valence-electron chi connectivity index (χ3n) is 7.62. The van der Waals surface area contributed by atoms with E-state index in [2.05, 4.69) is 5.32 Å². The highest BCUT2D eigenvalue weighted by molar-refractivity contribution is 6.01. The highest BCUT2D eigenvalue weighted by Gasteiger charge is 2.53. The second kappa shape index (κ2) is 7.06. The SMILES string of the molecule is C[C@@H]1[C@H](O)[C@@H](O)[C@H](CC2CCCCC2)[C@@H]2c3cc4c(c(O)c3C(=O)N[C@@H]12)OCO4. The van der Waals surface area contributed by atoms with Crippen LogP contribution in [0, 0.1) is 17.8 Å². The average molecular weight is 403 g/mol. The van der Waals surface area contributed by atoms with Gasteiger partial charge in [-0.3, -0.25) is 4.79 Å². The van der Waals surface area contributed by atoms with Crippen molar-refractivity contribution in [1.29, 1.82) is 0 Å². The summed E-state index contributed by atoms with van der Waals surface area (Å²) in [4.78, 5) is 12.9. The van der Waals surface area contributed by atoms with Crippen LogP contribution < -0.4 is 14.8 Å². The van der Waals surface area contributed by atoms with Crippen LogP contribution in [-0.2, 0) is 0 Å². The lowest BCUT2D eigenvalue weighted by Gasteiger charge is -2.51. The normalized spacial score (nSPS) is 36.3. The van der Waals surface area contributed by atoms with Crippen LogP contribution >= 0.6 is 0 Å². The molecule has 158 valence electrons. The first-order chi connectivity index (χ1) is 14.0. The lowest BCUT2D eigenvalue weighted by molar-refractivity contribution is -0.0994. The number of nitrogens with one attached hydrogen (secondary N) is 1. The van der Waals surface area contributed by atoms with Crippen molar-refractivity contribution in [1.82, 2.24) is 5.32 Å². The fourth-order valence-electron chi connectivity index (χ4n) is 6.09. The molecule has 1 amide bonds. The second-order valence-electron chi connectivity index (χ2n) is 9.19. The molecule has 0 radical (unpaired) electrons. The number of rotatable bonds is 2. The lowest BCUT2D eigenvalue weighted by Crippen LogP contribution is -2.61. The van der Waals surface area contributed by atoms with E-state index in [4.69, 9.17) is 9.47 Å². The van der Waals surface area contributed by atoms with Crippen LogP contribution in [0.4, 0.5) is 0 Å². The largest absolute Gasteiger partial charge is 0.504 e. The van der Waals surface area contributed by atoms with Gasteiger partial charge in [0.25, 0.3) is 5.91 Å². The molecule has 1 aromatic carbocycles. The summed E-state index contributed by atoms with van der Waals surface area (Å²) in [6, 6.07) is 1.49. The first-order valence-corrected chi connectivity index (χ1v) is 10.8. The first-order valence-electron chi connectivity index (χ1n) is 10.8. The highest BCUT2D eigenvalue weighted by atomic mass is 16.7. The number of aromatic hydroxyl groups is 1. The molecule has 2 saturated carbocycles. The Labute approximate surface area is 170 Å². The monoisotopic (exact) mass is 403 g/mol. The molecule has 2 fully saturated rings. The Balaban J connectivity index is 1.60. The first kappa shape index (κ1) is 19.0. The Morgan fingerprint density at radius 2 is 1.90 bits per heavy atom. The minimum Gasteiger partial charge on any atom is -0.504 e. The Morgan fingerprint density at radius 1 is 1.14 bits per heavy atom. The number of phenolic OH excluding ortho intramolecular Hbond substituents is 1. The summed E-state index contributed by atoms with van der Waals surface area (Å²) < 4.78 is 10.8. The van der Waals surface area contributed by atoms with Gasteiger partial charge in [-0.25, -0.2) is 0 Å². The number of hydrogen-bond donors (Lipinski definition) is 4. The van der Waals surface area contributed by atoms with Gasteiger partial charge in [-0.1, -0.05) is 39.0 Å².